The first-order valence-electron chi connectivity index (χ1n) is 13.4. The minimum atomic E-state index is -0.0321. The Labute approximate surface area is 254 Å². The Morgan fingerprint density at radius 2 is 1.21 bits per heavy atom. The van der Waals surface area contributed by atoms with Gasteiger partial charge in [0.15, 0.2) is 5.78 Å². The summed E-state index contributed by atoms with van der Waals surface area (Å²) in [6.45, 7) is 3.98. The highest BCUT2D eigenvalue weighted by Gasteiger charge is 2.11. The molecule has 234 valence electrons. The lowest BCUT2D eigenvalue weighted by atomic mass is 9.97. The maximum Gasteiger partial charge on any atom is 0.220 e. The van der Waals surface area contributed by atoms with E-state index < -0.39 is 0 Å². The predicted octanol–water partition coefficient (Wildman–Crippen LogP) is 6.74. The Morgan fingerprint density at radius 1 is 0.721 bits per heavy atom. The van der Waals surface area contributed by atoms with Gasteiger partial charge in [-0.25, -0.2) is 0 Å². The number of nitrogens with one attached hydrogen (secondary N) is 2. The van der Waals surface area contributed by atoms with Crippen molar-refractivity contribution in [2.24, 2.45) is 10.2 Å². The van der Waals surface area contributed by atoms with Gasteiger partial charge in [-0.15, -0.1) is 0 Å². The van der Waals surface area contributed by atoms with Gasteiger partial charge in [0.25, 0.3) is 0 Å². The number of rotatable bonds is 15. The molecular weight excluding hydrogens is 548 g/mol. The number of azide groups is 2. The first-order chi connectivity index (χ1) is 19.7. The van der Waals surface area contributed by atoms with Crippen molar-refractivity contribution in [3.8, 4) is 0 Å². The lowest BCUT2D eigenvalue weighted by molar-refractivity contribution is -0.121. The zero-order chi connectivity index (χ0) is 30.6. The van der Waals surface area contributed by atoms with Gasteiger partial charge in [0, 0.05) is 61.6 Å². The molecule has 0 spiro atoms. The minimum Gasteiger partial charge on any atom is -0.359 e. The molecule has 0 heterocycles. The third kappa shape index (κ3) is 15.2. The lowest BCUT2D eigenvalue weighted by Crippen LogP contribution is -2.18. The number of amides is 2. The second-order valence-corrected chi connectivity index (χ2v) is 9.06. The number of ketones is 2. The number of benzene rings is 2. The quantitative estimate of drug-likeness (QED) is 0.0999. The molecule has 12 nitrogen and oxygen atoms in total. The van der Waals surface area contributed by atoms with Gasteiger partial charge in [0.05, 0.1) is 13.1 Å². The summed E-state index contributed by atoms with van der Waals surface area (Å²) in [4.78, 5) is 51.4. The first-order valence-corrected chi connectivity index (χ1v) is 13.4. The molecule has 2 N–H and O–H groups in total. The predicted molar refractivity (Wildman–Crippen MR) is 170 cm³/mol. The van der Waals surface area contributed by atoms with Crippen LogP contribution in [-0.4, -0.2) is 37.5 Å². The molecule has 2 amide bonds. The molecule has 0 fully saturated rings. The molecule has 0 unspecified atom stereocenters. The van der Waals surface area contributed by atoms with E-state index in [0.29, 0.717) is 56.1 Å². The number of Topliss-reactive ketones (excluding diaryl/α,β-unsaturated/α-hetero) is 2. The average Bonchev–Trinajstić information content (AvgIpc) is 3.00. The molecule has 12 heteroatoms. The first kappa shape index (κ1) is 40.5. The van der Waals surface area contributed by atoms with Crippen LogP contribution in [0.1, 0.15) is 92.6 Å². The van der Waals surface area contributed by atoms with E-state index in [1.807, 2.05) is 37.3 Å². The summed E-state index contributed by atoms with van der Waals surface area (Å²) in [5.41, 5.74) is 21.9. The minimum absolute atomic E-state index is 0. The van der Waals surface area contributed by atoms with E-state index in [1.165, 1.54) is 0 Å². The van der Waals surface area contributed by atoms with Gasteiger partial charge >= 0.3 is 0 Å². The summed E-state index contributed by atoms with van der Waals surface area (Å²) in [5.74, 6) is 0.119. The van der Waals surface area contributed by atoms with Crippen molar-refractivity contribution < 1.29 is 19.2 Å². The van der Waals surface area contributed by atoms with Crippen molar-refractivity contribution in [2.75, 3.05) is 14.1 Å². The monoisotopic (exact) mass is 594 g/mol. The summed E-state index contributed by atoms with van der Waals surface area (Å²) in [6, 6.07) is 11.1. The van der Waals surface area contributed by atoms with Gasteiger partial charge in [0.1, 0.15) is 5.78 Å². The number of carbonyl (C=O) groups is 4. The van der Waals surface area contributed by atoms with Gasteiger partial charge in [-0.3, -0.25) is 19.2 Å². The molecule has 0 saturated carbocycles. The molecule has 0 aliphatic heterocycles. The zero-order valence-electron chi connectivity index (χ0n) is 24.1. The van der Waals surface area contributed by atoms with Crippen molar-refractivity contribution in [2.45, 2.75) is 86.7 Å². The average molecular weight is 595 g/mol. The maximum absolute atomic E-state index is 11.8. The molecule has 2 aromatic rings. The number of nitrogens with zero attached hydrogens (tertiary/aromatic N) is 6. The highest BCUT2D eigenvalue weighted by atomic mass is 16.2. The topological polar surface area (TPSA) is 190 Å². The van der Waals surface area contributed by atoms with Crippen LogP contribution in [0.2, 0.25) is 0 Å². The Morgan fingerprint density at radius 3 is 1.67 bits per heavy atom. The zero-order valence-corrected chi connectivity index (χ0v) is 24.1. The molecule has 2 aromatic carbocycles. The van der Waals surface area contributed by atoms with E-state index in [1.54, 1.807) is 27.1 Å². The lowest BCUT2D eigenvalue weighted by Gasteiger charge is -2.09. The fourth-order valence-electron chi connectivity index (χ4n) is 3.87. The molecule has 0 atom stereocenters. The highest BCUT2D eigenvalue weighted by Crippen LogP contribution is 2.18. The van der Waals surface area contributed by atoms with Crippen LogP contribution < -0.4 is 10.6 Å². The number of hydrogen-bond acceptors (Lipinski definition) is 6. The fourth-order valence-corrected chi connectivity index (χ4v) is 3.87. The summed E-state index contributed by atoms with van der Waals surface area (Å²) >= 11 is 0. The van der Waals surface area contributed by atoms with Crippen molar-refractivity contribution >= 4 is 23.4 Å². The Bertz CT molecular complexity index is 1310. The molecule has 0 aliphatic carbocycles. The van der Waals surface area contributed by atoms with Crippen LogP contribution in [0.4, 0.5) is 0 Å². The SMILES string of the molecule is C.C.CCC(=O)Cc1ccc(CCC(=O)NC)cc1CN=[N+]=[N-].CCC(=O)c1ccc(CCC(=O)NC)cc1CN=[N+]=[N-]. The van der Waals surface area contributed by atoms with Crippen LogP contribution in [0.15, 0.2) is 46.6 Å². The second-order valence-electron chi connectivity index (χ2n) is 9.06. The van der Waals surface area contributed by atoms with Crippen molar-refractivity contribution in [3.05, 3.63) is 90.7 Å². The molecule has 43 heavy (non-hydrogen) atoms. The summed E-state index contributed by atoms with van der Waals surface area (Å²) in [5, 5.41) is 12.2. The Balaban J connectivity index is 0. The maximum atomic E-state index is 11.8. The fraction of sp³-hybridized carbons (Fsp3) is 0.484. The van der Waals surface area contributed by atoms with E-state index in [-0.39, 0.29) is 51.3 Å². The van der Waals surface area contributed by atoms with Gasteiger partial charge in [0.2, 0.25) is 11.8 Å². The van der Waals surface area contributed by atoms with Crippen molar-refractivity contribution in [1.82, 2.24) is 10.6 Å². The Kier molecular flexibility index (Phi) is 21.6. The summed E-state index contributed by atoms with van der Waals surface area (Å²) < 4.78 is 0. The summed E-state index contributed by atoms with van der Waals surface area (Å²) in [7, 11) is 3.20. The smallest absolute Gasteiger partial charge is 0.220 e. The molecule has 0 radical (unpaired) electrons. The van der Waals surface area contributed by atoms with E-state index in [0.717, 1.165) is 22.3 Å². The molecule has 0 aliphatic rings. The van der Waals surface area contributed by atoms with Crippen molar-refractivity contribution in [3.63, 3.8) is 0 Å². The number of aryl methyl sites for hydroxylation is 2. The van der Waals surface area contributed by atoms with Crippen LogP contribution >= 0.6 is 0 Å². The van der Waals surface area contributed by atoms with Crippen LogP contribution in [0.3, 0.4) is 0 Å². The second kappa shape index (κ2) is 23.0. The third-order valence-electron chi connectivity index (χ3n) is 6.29. The van der Waals surface area contributed by atoms with Gasteiger partial charge in [-0.2, -0.15) is 0 Å². The van der Waals surface area contributed by atoms with E-state index in [2.05, 4.69) is 30.7 Å². The molecule has 0 saturated heterocycles. The van der Waals surface area contributed by atoms with Crippen molar-refractivity contribution in [1.29, 1.82) is 0 Å². The van der Waals surface area contributed by atoms with Gasteiger partial charge in [-0.1, -0.05) is 75.3 Å². The van der Waals surface area contributed by atoms with E-state index >= 15 is 0 Å². The third-order valence-corrected chi connectivity index (χ3v) is 6.29. The van der Waals surface area contributed by atoms with Gasteiger partial charge in [-0.05, 0) is 51.7 Å². The normalized spacial score (nSPS) is 9.30. The van der Waals surface area contributed by atoms with Crippen LogP contribution in [-0.2, 0) is 46.7 Å². The molecule has 2 rings (SSSR count). The summed E-state index contributed by atoms with van der Waals surface area (Å²) in [6.07, 6.45) is 3.24. The number of hydrogen-bond donors (Lipinski definition) is 2. The van der Waals surface area contributed by atoms with Crippen LogP contribution in [0, 0.1) is 0 Å². The van der Waals surface area contributed by atoms with Gasteiger partial charge < -0.3 is 10.6 Å². The van der Waals surface area contributed by atoms with E-state index in [9.17, 15) is 19.2 Å². The largest absolute Gasteiger partial charge is 0.359 e. The van der Waals surface area contributed by atoms with Crippen LogP contribution in [0.25, 0.3) is 20.9 Å². The highest BCUT2D eigenvalue weighted by molar-refractivity contribution is 5.97. The molecule has 0 bridgehead atoms. The molecule has 0 aromatic heterocycles. The van der Waals surface area contributed by atoms with E-state index in [4.69, 9.17) is 11.1 Å². The standard InChI is InChI=1S/C15H20N4O2.C14H18N4O2.2CH4/c1-3-14(20)9-12-6-4-11(5-7-15(21)17-2)8-13(12)10-18-19-16;1-3-13(19)12-6-4-10(5-7-14(20)16-2)8-11(12)9-17-18-15;;/h4,6,8H,3,5,7,9-10H2,1-2H3,(H,17,21);4,6,8H,3,5,7,9H2,1-2H3,(H,16,20);2*1H4. The number of carbonyl (C=O) groups excluding carboxylic acids is 4. The molecular formula is C31H46N8O4. The van der Waals surface area contributed by atoms with Crippen LogP contribution in [0.5, 0.6) is 0 Å². The Hall–Kier alpha value is -4.66.